The molecule has 29 heavy (non-hydrogen) atoms. The molecule has 1 amide bonds. The molecule has 0 aliphatic carbocycles. The molecule has 0 radical (unpaired) electrons. The van der Waals surface area contributed by atoms with Gasteiger partial charge in [0.25, 0.3) is 5.91 Å². The minimum Gasteiger partial charge on any atom is -0.350 e. The predicted octanol–water partition coefficient (Wildman–Crippen LogP) is 0.792. The van der Waals surface area contributed by atoms with Crippen LogP contribution in [0.5, 0.6) is 0 Å². The fourth-order valence-electron chi connectivity index (χ4n) is 3.98. The van der Waals surface area contributed by atoms with E-state index >= 15 is 0 Å². The maximum Gasteiger partial charge on any atom is 0.278 e. The summed E-state index contributed by atoms with van der Waals surface area (Å²) in [5.41, 5.74) is 2.53. The number of rotatable bonds is 8. The maximum atomic E-state index is 12.6. The molecule has 1 fully saturated rings. The molecule has 0 spiro atoms. The van der Waals surface area contributed by atoms with E-state index in [1.807, 2.05) is 12.1 Å². The second kappa shape index (κ2) is 10.9. The van der Waals surface area contributed by atoms with Crippen molar-refractivity contribution in [1.82, 2.24) is 5.32 Å². The van der Waals surface area contributed by atoms with E-state index in [9.17, 15) is 4.79 Å². The van der Waals surface area contributed by atoms with Crippen LogP contribution in [0.15, 0.2) is 66.7 Å². The number of quaternary nitrogens is 2. The molecule has 154 valence electrons. The van der Waals surface area contributed by atoms with Crippen molar-refractivity contribution in [2.45, 2.75) is 25.8 Å². The first-order valence-electron chi connectivity index (χ1n) is 10.9. The molecule has 0 bridgehead atoms. The molecule has 4 nitrogen and oxygen atoms in total. The molecule has 0 aromatic heterocycles. The largest absolute Gasteiger partial charge is 0.350 e. The Labute approximate surface area is 175 Å². The zero-order chi connectivity index (χ0) is 20.5. The Balaban J connectivity index is 1.38. The molecule has 3 rings (SSSR count). The highest BCUT2D eigenvalue weighted by molar-refractivity contribution is 5.79. The van der Waals surface area contributed by atoms with Crippen molar-refractivity contribution >= 4 is 12.0 Å². The molecule has 0 unspecified atom stereocenters. The van der Waals surface area contributed by atoms with Gasteiger partial charge >= 0.3 is 0 Å². The zero-order valence-electron chi connectivity index (χ0n) is 17.7. The van der Waals surface area contributed by atoms with Crippen LogP contribution in [0.25, 0.3) is 6.08 Å². The SMILES string of the molecule is C[C@H](C(=O)NC[C@H](C)c1ccccc1)[NH+]1CC[NH+](C/C=C/c2ccccc2)CC1. The van der Waals surface area contributed by atoms with Crippen LogP contribution in [0.3, 0.4) is 0 Å². The lowest BCUT2D eigenvalue weighted by atomic mass is 10.0. The lowest BCUT2D eigenvalue weighted by Gasteiger charge is -2.32. The number of hydrogen-bond acceptors (Lipinski definition) is 1. The van der Waals surface area contributed by atoms with Gasteiger partial charge in [0.1, 0.15) is 26.2 Å². The van der Waals surface area contributed by atoms with E-state index in [4.69, 9.17) is 0 Å². The molecule has 4 heteroatoms. The van der Waals surface area contributed by atoms with Gasteiger partial charge in [-0.25, -0.2) is 0 Å². The normalized spacial score (nSPS) is 21.6. The molecule has 2 atom stereocenters. The second-order valence-electron chi connectivity index (χ2n) is 8.20. The van der Waals surface area contributed by atoms with Crippen LogP contribution < -0.4 is 15.1 Å². The van der Waals surface area contributed by atoms with E-state index in [2.05, 4.69) is 79.8 Å². The molecule has 1 heterocycles. The molecule has 2 aromatic carbocycles. The summed E-state index contributed by atoms with van der Waals surface area (Å²) in [6.45, 7) is 10.3. The predicted molar refractivity (Wildman–Crippen MR) is 119 cm³/mol. The molecule has 1 aliphatic rings. The quantitative estimate of drug-likeness (QED) is 0.610. The Morgan fingerprint density at radius 3 is 2.24 bits per heavy atom. The summed E-state index contributed by atoms with van der Waals surface area (Å²) < 4.78 is 0. The molecule has 1 aliphatic heterocycles. The number of benzene rings is 2. The van der Waals surface area contributed by atoms with Crippen LogP contribution in [0.1, 0.15) is 30.9 Å². The second-order valence-corrected chi connectivity index (χ2v) is 8.20. The highest BCUT2D eigenvalue weighted by Gasteiger charge is 2.30. The van der Waals surface area contributed by atoms with Crippen LogP contribution in [-0.4, -0.2) is 51.2 Å². The van der Waals surface area contributed by atoms with Crippen molar-refractivity contribution < 1.29 is 14.6 Å². The van der Waals surface area contributed by atoms with Crippen molar-refractivity contribution in [1.29, 1.82) is 0 Å². The highest BCUT2D eigenvalue weighted by atomic mass is 16.2. The van der Waals surface area contributed by atoms with Crippen molar-refractivity contribution in [2.24, 2.45) is 0 Å². The van der Waals surface area contributed by atoms with Gasteiger partial charge in [0.15, 0.2) is 6.04 Å². The van der Waals surface area contributed by atoms with E-state index in [0.29, 0.717) is 12.5 Å². The smallest absolute Gasteiger partial charge is 0.278 e. The van der Waals surface area contributed by atoms with Crippen LogP contribution in [0, 0.1) is 0 Å². The Kier molecular flexibility index (Phi) is 8.03. The van der Waals surface area contributed by atoms with Crippen LogP contribution >= 0.6 is 0 Å². The molecule has 3 N–H and O–H groups in total. The van der Waals surface area contributed by atoms with Gasteiger partial charge in [-0.15, -0.1) is 0 Å². The van der Waals surface area contributed by atoms with E-state index in [-0.39, 0.29) is 11.9 Å². The van der Waals surface area contributed by atoms with Crippen molar-refractivity contribution in [3.63, 3.8) is 0 Å². The van der Waals surface area contributed by atoms with Gasteiger partial charge in [0.2, 0.25) is 0 Å². The van der Waals surface area contributed by atoms with Crippen LogP contribution in [-0.2, 0) is 4.79 Å². The van der Waals surface area contributed by atoms with Crippen molar-refractivity contribution in [3.8, 4) is 0 Å². The minimum absolute atomic E-state index is 0.0133. The van der Waals surface area contributed by atoms with Gasteiger partial charge in [-0.05, 0) is 30.0 Å². The maximum absolute atomic E-state index is 12.6. The summed E-state index contributed by atoms with van der Waals surface area (Å²) in [5, 5.41) is 3.16. The third-order valence-electron chi connectivity index (χ3n) is 6.07. The highest BCUT2D eigenvalue weighted by Crippen LogP contribution is 2.12. The average Bonchev–Trinajstić information content (AvgIpc) is 2.78. The van der Waals surface area contributed by atoms with Gasteiger partial charge in [-0.1, -0.05) is 73.7 Å². The van der Waals surface area contributed by atoms with E-state index in [0.717, 1.165) is 32.7 Å². The van der Waals surface area contributed by atoms with Gasteiger partial charge < -0.3 is 15.1 Å². The summed E-state index contributed by atoms with van der Waals surface area (Å²) >= 11 is 0. The number of piperazine rings is 1. The van der Waals surface area contributed by atoms with Gasteiger partial charge in [-0.2, -0.15) is 0 Å². The van der Waals surface area contributed by atoms with Gasteiger partial charge in [0, 0.05) is 6.54 Å². The summed E-state index contributed by atoms with van der Waals surface area (Å²) in [7, 11) is 0. The topological polar surface area (TPSA) is 38.0 Å². The van der Waals surface area contributed by atoms with Gasteiger partial charge in [0.05, 0.1) is 6.54 Å². The third kappa shape index (κ3) is 6.55. The average molecular weight is 394 g/mol. The van der Waals surface area contributed by atoms with Crippen molar-refractivity contribution in [2.75, 3.05) is 39.3 Å². The lowest BCUT2D eigenvalue weighted by molar-refractivity contribution is -1.02. The van der Waals surface area contributed by atoms with E-state index < -0.39 is 0 Å². The Morgan fingerprint density at radius 2 is 1.59 bits per heavy atom. The summed E-state index contributed by atoms with van der Waals surface area (Å²) in [4.78, 5) is 15.6. The van der Waals surface area contributed by atoms with Crippen LogP contribution in [0.4, 0.5) is 0 Å². The Morgan fingerprint density at radius 1 is 0.966 bits per heavy atom. The summed E-state index contributed by atoms with van der Waals surface area (Å²) in [6.07, 6.45) is 4.48. The van der Waals surface area contributed by atoms with E-state index in [1.165, 1.54) is 16.0 Å². The number of amides is 1. The first-order chi connectivity index (χ1) is 14.1. The fourth-order valence-corrected chi connectivity index (χ4v) is 3.98. The van der Waals surface area contributed by atoms with E-state index in [1.54, 1.807) is 4.90 Å². The first kappa shape index (κ1) is 21.3. The van der Waals surface area contributed by atoms with Gasteiger partial charge in [-0.3, -0.25) is 4.79 Å². The summed E-state index contributed by atoms with van der Waals surface area (Å²) in [6, 6.07) is 20.8. The van der Waals surface area contributed by atoms with Crippen LogP contribution in [0.2, 0.25) is 0 Å². The first-order valence-corrected chi connectivity index (χ1v) is 10.9. The molecular weight excluding hydrogens is 358 g/mol. The van der Waals surface area contributed by atoms with Crippen molar-refractivity contribution in [3.05, 3.63) is 77.9 Å². The lowest BCUT2D eigenvalue weighted by Crippen LogP contribution is -3.30. The standard InChI is InChI=1S/C25H33N3O/c1-21(24-13-7-4-8-14-24)20-26-25(29)22(2)28-18-16-27(17-19-28)15-9-12-23-10-5-3-6-11-23/h3-14,21-22H,15-20H2,1-2H3,(H,26,29)/p+2/b12-9+/t21-,22+/m0/s1. The Hall–Kier alpha value is -2.43. The molecule has 2 aromatic rings. The number of carbonyl (C=O) groups excluding carboxylic acids is 1. The minimum atomic E-state index is 0.0133. The third-order valence-corrected chi connectivity index (χ3v) is 6.07. The zero-order valence-corrected chi connectivity index (χ0v) is 17.7. The number of nitrogens with one attached hydrogen (secondary N) is 3. The monoisotopic (exact) mass is 393 g/mol. The molecule has 0 saturated carbocycles. The number of hydrogen-bond donors (Lipinski definition) is 3. The summed E-state index contributed by atoms with van der Waals surface area (Å²) in [5.74, 6) is 0.509. The fraction of sp³-hybridized carbons (Fsp3) is 0.400. The Bertz CT molecular complexity index is 767. The number of carbonyl (C=O) groups is 1. The molecule has 1 saturated heterocycles. The molecular formula is C25H35N3O+2.